The van der Waals surface area contributed by atoms with Crippen molar-refractivity contribution in [2.45, 2.75) is 26.1 Å². The van der Waals surface area contributed by atoms with E-state index in [0.29, 0.717) is 17.1 Å². The van der Waals surface area contributed by atoms with Crippen molar-refractivity contribution < 1.29 is 27.5 Å². The molecule has 0 bridgehead atoms. The number of amides is 2. The number of rotatable bonds is 8. The minimum absolute atomic E-state index is 0.0146. The zero-order chi connectivity index (χ0) is 24.7. The van der Waals surface area contributed by atoms with Crippen LogP contribution in [0.15, 0.2) is 72.8 Å². The summed E-state index contributed by atoms with van der Waals surface area (Å²) in [6.07, 6.45) is -4.54. The average molecular weight is 471 g/mol. The number of anilines is 3. The molecule has 0 aliphatic heterocycles. The number of hydrogen-bond acceptors (Lipinski definition) is 4. The van der Waals surface area contributed by atoms with Gasteiger partial charge in [0, 0.05) is 16.9 Å². The molecule has 34 heavy (non-hydrogen) atoms. The average Bonchev–Trinajstić information content (AvgIpc) is 2.78. The molecule has 0 heterocycles. The van der Waals surface area contributed by atoms with E-state index in [1.165, 1.54) is 24.3 Å². The molecule has 0 aromatic heterocycles. The summed E-state index contributed by atoms with van der Waals surface area (Å²) in [6.45, 7) is 3.76. The molecule has 178 valence electrons. The predicted octanol–water partition coefficient (Wildman–Crippen LogP) is 5.80. The van der Waals surface area contributed by atoms with Gasteiger partial charge in [0.05, 0.1) is 23.9 Å². The van der Waals surface area contributed by atoms with Crippen LogP contribution in [0.4, 0.5) is 30.2 Å². The molecule has 3 aromatic carbocycles. The maximum Gasteiger partial charge on any atom is 0.416 e. The van der Waals surface area contributed by atoms with E-state index in [4.69, 9.17) is 4.74 Å². The van der Waals surface area contributed by atoms with Gasteiger partial charge in [0.2, 0.25) is 5.91 Å². The van der Waals surface area contributed by atoms with E-state index in [1.54, 1.807) is 24.3 Å². The number of carbonyl (C=O) groups is 2. The van der Waals surface area contributed by atoms with Gasteiger partial charge in [0.1, 0.15) is 5.75 Å². The molecule has 0 spiro atoms. The minimum atomic E-state index is -4.51. The second-order valence-electron chi connectivity index (χ2n) is 7.68. The highest BCUT2D eigenvalue weighted by Gasteiger charge is 2.30. The summed E-state index contributed by atoms with van der Waals surface area (Å²) in [6, 6.07) is 17.7. The zero-order valence-corrected chi connectivity index (χ0v) is 18.6. The van der Waals surface area contributed by atoms with Gasteiger partial charge in [0.25, 0.3) is 5.91 Å². The summed E-state index contributed by atoms with van der Waals surface area (Å²) in [5, 5.41) is 8.15. The fraction of sp³-hybridized carbons (Fsp3) is 0.200. The van der Waals surface area contributed by atoms with Crippen LogP contribution < -0.4 is 20.7 Å². The van der Waals surface area contributed by atoms with E-state index in [2.05, 4.69) is 16.0 Å². The maximum atomic E-state index is 12.9. The largest absolute Gasteiger partial charge is 0.489 e. The molecule has 0 atom stereocenters. The number of halogens is 3. The van der Waals surface area contributed by atoms with Crippen LogP contribution in [0.5, 0.6) is 5.75 Å². The van der Waals surface area contributed by atoms with Crippen LogP contribution in [0.25, 0.3) is 0 Å². The first-order valence-corrected chi connectivity index (χ1v) is 10.5. The van der Waals surface area contributed by atoms with E-state index in [0.717, 1.165) is 12.1 Å². The number of nitrogens with one attached hydrogen (secondary N) is 3. The number of alkyl halides is 3. The normalized spacial score (nSPS) is 11.1. The molecular formula is C25H24F3N3O3. The first-order valence-electron chi connectivity index (χ1n) is 10.5. The lowest BCUT2D eigenvalue weighted by Gasteiger charge is -2.15. The third-order valence-corrected chi connectivity index (χ3v) is 4.55. The van der Waals surface area contributed by atoms with E-state index < -0.39 is 17.6 Å². The maximum absolute atomic E-state index is 12.9. The number of hydrogen-bond donors (Lipinski definition) is 3. The lowest BCUT2D eigenvalue weighted by molar-refractivity contribution is -0.137. The van der Waals surface area contributed by atoms with Gasteiger partial charge in [-0.25, -0.2) is 0 Å². The third-order valence-electron chi connectivity index (χ3n) is 4.55. The first kappa shape index (κ1) is 24.6. The third kappa shape index (κ3) is 6.99. The smallest absolute Gasteiger partial charge is 0.416 e. The van der Waals surface area contributed by atoms with Gasteiger partial charge in [-0.2, -0.15) is 13.2 Å². The topological polar surface area (TPSA) is 79.5 Å². The van der Waals surface area contributed by atoms with Gasteiger partial charge in [-0.05, 0) is 62.4 Å². The molecule has 9 heteroatoms. The Morgan fingerprint density at radius 3 is 2.26 bits per heavy atom. The van der Waals surface area contributed by atoms with Crippen molar-refractivity contribution in [2.75, 3.05) is 22.5 Å². The molecule has 6 nitrogen and oxygen atoms in total. The molecule has 3 aromatic rings. The fourth-order valence-corrected chi connectivity index (χ4v) is 3.06. The molecule has 0 radical (unpaired) electrons. The second-order valence-corrected chi connectivity index (χ2v) is 7.68. The van der Waals surface area contributed by atoms with Gasteiger partial charge in [-0.3, -0.25) is 9.59 Å². The Morgan fingerprint density at radius 1 is 0.882 bits per heavy atom. The Balaban J connectivity index is 1.61. The monoisotopic (exact) mass is 471 g/mol. The molecule has 2 amide bonds. The highest BCUT2D eigenvalue weighted by atomic mass is 19.4. The second kappa shape index (κ2) is 10.7. The predicted molar refractivity (Wildman–Crippen MR) is 125 cm³/mol. The van der Waals surface area contributed by atoms with Crippen molar-refractivity contribution in [3.05, 3.63) is 83.9 Å². The van der Waals surface area contributed by atoms with Gasteiger partial charge < -0.3 is 20.7 Å². The van der Waals surface area contributed by atoms with Crippen molar-refractivity contribution >= 4 is 28.9 Å². The minimum Gasteiger partial charge on any atom is -0.489 e. The molecule has 3 rings (SSSR count). The molecular weight excluding hydrogens is 447 g/mol. The molecule has 0 saturated carbocycles. The first-order chi connectivity index (χ1) is 16.1. The summed E-state index contributed by atoms with van der Waals surface area (Å²) in [4.78, 5) is 24.9. The van der Waals surface area contributed by atoms with Gasteiger partial charge in [0.15, 0.2) is 0 Å². The summed E-state index contributed by atoms with van der Waals surface area (Å²) in [7, 11) is 0. The highest BCUT2D eigenvalue weighted by molar-refractivity contribution is 6.05. The van der Waals surface area contributed by atoms with Crippen LogP contribution in [-0.2, 0) is 11.0 Å². The molecule has 0 aliphatic carbocycles. The fourth-order valence-electron chi connectivity index (χ4n) is 3.06. The standard InChI is InChI=1S/C25H24F3N3O3/c1-16(2)34-22-12-4-3-11-21(22)29-15-23(32)30-19-9-5-7-17(13-19)24(33)31-20-10-6-8-18(14-20)25(26,27)28/h3-14,16,29H,15H2,1-2H3,(H,30,32)(H,31,33). The quantitative estimate of drug-likeness (QED) is 0.388. The zero-order valence-electron chi connectivity index (χ0n) is 18.6. The molecule has 0 unspecified atom stereocenters. The van der Waals surface area contributed by atoms with E-state index in [9.17, 15) is 22.8 Å². The van der Waals surface area contributed by atoms with Crippen LogP contribution >= 0.6 is 0 Å². The summed E-state index contributed by atoms with van der Waals surface area (Å²) in [5.41, 5.74) is 0.370. The number of benzene rings is 3. The summed E-state index contributed by atoms with van der Waals surface area (Å²) < 4.78 is 44.4. The molecule has 3 N–H and O–H groups in total. The summed E-state index contributed by atoms with van der Waals surface area (Å²) in [5.74, 6) is -0.332. The molecule has 0 fully saturated rings. The van der Waals surface area contributed by atoms with E-state index >= 15 is 0 Å². The molecule has 0 aliphatic rings. The highest BCUT2D eigenvalue weighted by Crippen LogP contribution is 2.31. The van der Waals surface area contributed by atoms with Crippen molar-refractivity contribution in [3.8, 4) is 5.75 Å². The SMILES string of the molecule is CC(C)Oc1ccccc1NCC(=O)Nc1cccc(C(=O)Nc2cccc(C(F)(F)F)c2)c1. The van der Waals surface area contributed by atoms with Gasteiger partial charge in [-0.1, -0.05) is 24.3 Å². The van der Waals surface area contributed by atoms with Gasteiger partial charge >= 0.3 is 6.18 Å². The van der Waals surface area contributed by atoms with Crippen LogP contribution in [0.1, 0.15) is 29.8 Å². The van der Waals surface area contributed by atoms with Gasteiger partial charge in [-0.15, -0.1) is 0 Å². The Labute approximate surface area is 195 Å². The van der Waals surface area contributed by atoms with Crippen molar-refractivity contribution in [1.29, 1.82) is 0 Å². The number of carbonyl (C=O) groups excluding carboxylic acids is 2. The van der Waals surface area contributed by atoms with Crippen LogP contribution in [0, 0.1) is 0 Å². The van der Waals surface area contributed by atoms with Crippen LogP contribution in [0.2, 0.25) is 0 Å². The van der Waals surface area contributed by atoms with E-state index in [1.807, 2.05) is 26.0 Å². The van der Waals surface area contributed by atoms with Crippen LogP contribution in [0.3, 0.4) is 0 Å². The Morgan fingerprint density at radius 2 is 1.56 bits per heavy atom. The van der Waals surface area contributed by atoms with Crippen molar-refractivity contribution in [3.63, 3.8) is 0 Å². The van der Waals surface area contributed by atoms with Crippen LogP contribution in [-0.4, -0.2) is 24.5 Å². The van der Waals surface area contributed by atoms with Crippen molar-refractivity contribution in [2.24, 2.45) is 0 Å². The summed E-state index contributed by atoms with van der Waals surface area (Å²) >= 11 is 0. The Hall–Kier alpha value is -4.01. The Bertz CT molecular complexity index is 1160. The van der Waals surface area contributed by atoms with Crippen molar-refractivity contribution in [1.82, 2.24) is 0 Å². The lowest BCUT2D eigenvalue weighted by atomic mass is 10.1. The van der Waals surface area contributed by atoms with E-state index in [-0.39, 0.29) is 29.8 Å². The Kier molecular flexibility index (Phi) is 7.78. The lowest BCUT2D eigenvalue weighted by Crippen LogP contribution is -2.22. The molecule has 0 saturated heterocycles. The number of ether oxygens (including phenoxy) is 1. The number of para-hydroxylation sites is 2.